The monoisotopic (exact) mass is 220 g/mol. The Morgan fingerprint density at radius 2 is 2.38 bits per heavy atom. The van der Waals surface area contributed by atoms with Gasteiger partial charge >= 0.3 is 0 Å². The van der Waals surface area contributed by atoms with Crippen molar-refractivity contribution in [1.82, 2.24) is 10.3 Å². The lowest BCUT2D eigenvalue weighted by atomic mass is 10.1. The fourth-order valence-corrected chi connectivity index (χ4v) is 1.96. The molecule has 88 valence electrons. The molecule has 1 aliphatic rings. The zero-order valence-corrected chi connectivity index (χ0v) is 10.1. The van der Waals surface area contributed by atoms with Crippen LogP contribution in [0.4, 0.5) is 0 Å². The summed E-state index contributed by atoms with van der Waals surface area (Å²) in [4.78, 5) is 4.19. The molecule has 1 unspecified atom stereocenters. The second-order valence-corrected chi connectivity index (χ2v) is 4.63. The van der Waals surface area contributed by atoms with E-state index in [1.54, 1.807) is 13.3 Å². The Morgan fingerprint density at radius 3 is 3.06 bits per heavy atom. The van der Waals surface area contributed by atoms with Crippen molar-refractivity contribution >= 4 is 0 Å². The van der Waals surface area contributed by atoms with Gasteiger partial charge in [0.15, 0.2) is 0 Å². The van der Waals surface area contributed by atoms with Gasteiger partial charge in [-0.25, -0.2) is 4.98 Å². The third-order valence-electron chi connectivity index (χ3n) is 3.07. The van der Waals surface area contributed by atoms with E-state index in [1.165, 1.54) is 19.3 Å². The number of ether oxygens (including phenoxy) is 1. The molecule has 1 aromatic rings. The van der Waals surface area contributed by atoms with Gasteiger partial charge in [-0.05, 0) is 25.3 Å². The van der Waals surface area contributed by atoms with Crippen molar-refractivity contribution in [3.05, 3.63) is 23.9 Å². The molecule has 0 radical (unpaired) electrons. The second-order valence-electron chi connectivity index (χ2n) is 4.63. The van der Waals surface area contributed by atoms with Crippen molar-refractivity contribution in [2.24, 2.45) is 5.92 Å². The van der Waals surface area contributed by atoms with Crippen molar-refractivity contribution in [3.8, 4) is 5.88 Å². The summed E-state index contributed by atoms with van der Waals surface area (Å²) in [5.41, 5.74) is 1.13. The van der Waals surface area contributed by atoms with Gasteiger partial charge in [-0.2, -0.15) is 0 Å². The van der Waals surface area contributed by atoms with E-state index in [0.29, 0.717) is 6.04 Å². The summed E-state index contributed by atoms with van der Waals surface area (Å²) in [6, 6.07) is 4.59. The topological polar surface area (TPSA) is 34.1 Å². The molecule has 1 fully saturated rings. The molecule has 1 N–H and O–H groups in total. The Kier molecular flexibility index (Phi) is 3.78. The van der Waals surface area contributed by atoms with Crippen molar-refractivity contribution in [1.29, 1.82) is 0 Å². The molecule has 2 rings (SSSR count). The lowest BCUT2D eigenvalue weighted by Gasteiger charge is -2.14. The van der Waals surface area contributed by atoms with Crippen molar-refractivity contribution in [2.75, 3.05) is 7.11 Å². The quantitative estimate of drug-likeness (QED) is 0.799. The van der Waals surface area contributed by atoms with Crippen LogP contribution < -0.4 is 10.1 Å². The first-order valence-corrected chi connectivity index (χ1v) is 6.01. The third kappa shape index (κ3) is 3.20. The Labute approximate surface area is 97.2 Å². The fraction of sp³-hybridized carbons (Fsp3) is 0.615. The molecular weight excluding hydrogens is 200 g/mol. The van der Waals surface area contributed by atoms with Crippen LogP contribution >= 0.6 is 0 Å². The van der Waals surface area contributed by atoms with E-state index in [1.807, 2.05) is 6.07 Å². The SMILES string of the molecule is COc1ncccc1CNC(C)CC1CC1. The first-order valence-electron chi connectivity index (χ1n) is 6.01. The number of hydrogen-bond acceptors (Lipinski definition) is 3. The molecule has 3 heteroatoms. The van der Waals surface area contributed by atoms with Crippen LogP contribution in [0, 0.1) is 5.92 Å². The number of aromatic nitrogens is 1. The van der Waals surface area contributed by atoms with Gasteiger partial charge in [-0.15, -0.1) is 0 Å². The average Bonchev–Trinajstić information content (AvgIpc) is 3.10. The second kappa shape index (κ2) is 5.30. The normalized spacial score (nSPS) is 17.1. The van der Waals surface area contributed by atoms with E-state index in [-0.39, 0.29) is 0 Å². The van der Waals surface area contributed by atoms with Crippen LogP contribution in [0.25, 0.3) is 0 Å². The standard InChI is InChI=1S/C13H20N2O/c1-10(8-11-5-6-11)15-9-12-4-3-7-14-13(12)16-2/h3-4,7,10-11,15H,5-6,8-9H2,1-2H3. The van der Waals surface area contributed by atoms with Crippen LogP contribution in [-0.2, 0) is 6.54 Å². The molecule has 0 saturated heterocycles. The van der Waals surface area contributed by atoms with Crippen LogP contribution in [0.15, 0.2) is 18.3 Å². The molecule has 1 atom stereocenters. The summed E-state index contributed by atoms with van der Waals surface area (Å²) >= 11 is 0. The molecule has 3 nitrogen and oxygen atoms in total. The highest BCUT2D eigenvalue weighted by Gasteiger charge is 2.23. The maximum atomic E-state index is 5.22. The van der Waals surface area contributed by atoms with Crippen LogP contribution in [0.3, 0.4) is 0 Å². The molecule has 0 bridgehead atoms. The van der Waals surface area contributed by atoms with Crippen molar-refractivity contribution in [3.63, 3.8) is 0 Å². The number of nitrogens with zero attached hydrogens (tertiary/aromatic N) is 1. The summed E-state index contributed by atoms with van der Waals surface area (Å²) in [5.74, 6) is 1.70. The minimum absolute atomic E-state index is 0.581. The molecule has 0 aromatic carbocycles. The molecular formula is C13H20N2O. The Bertz CT molecular complexity index is 336. The maximum absolute atomic E-state index is 5.22. The summed E-state index contributed by atoms with van der Waals surface area (Å²) in [6.07, 6.45) is 5.89. The van der Waals surface area contributed by atoms with Crippen LogP contribution in [-0.4, -0.2) is 18.1 Å². The van der Waals surface area contributed by atoms with E-state index in [4.69, 9.17) is 4.74 Å². The smallest absolute Gasteiger partial charge is 0.217 e. The number of nitrogens with one attached hydrogen (secondary N) is 1. The van der Waals surface area contributed by atoms with E-state index < -0.39 is 0 Å². The van der Waals surface area contributed by atoms with Crippen LogP contribution in [0.5, 0.6) is 5.88 Å². The first-order chi connectivity index (χ1) is 7.79. The minimum Gasteiger partial charge on any atom is -0.481 e. The van der Waals surface area contributed by atoms with Gasteiger partial charge < -0.3 is 10.1 Å². The molecule has 16 heavy (non-hydrogen) atoms. The Hall–Kier alpha value is -1.09. The highest BCUT2D eigenvalue weighted by molar-refractivity contribution is 5.25. The highest BCUT2D eigenvalue weighted by Crippen LogP contribution is 2.33. The highest BCUT2D eigenvalue weighted by atomic mass is 16.5. The van der Waals surface area contributed by atoms with Gasteiger partial charge in [-0.1, -0.05) is 18.9 Å². The molecule has 1 heterocycles. The van der Waals surface area contributed by atoms with E-state index in [9.17, 15) is 0 Å². The van der Waals surface area contributed by atoms with Gasteiger partial charge in [0.25, 0.3) is 0 Å². The average molecular weight is 220 g/mol. The predicted molar refractivity (Wildman–Crippen MR) is 64.4 cm³/mol. The number of pyridine rings is 1. The Balaban J connectivity index is 1.82. The third-order valence-corrected chi connectivity index (χ3v) is 3.07. The van der Waals surface area contributed by atoms with Crippen molar-refractivity contribution < 1.29 is 4.74 Å². The number of hydrogen-bond donors (Lipinski definition) is 1. The molecule has 0 spiro atoms. The zero-order chi connectivity index (χ0) is 11.4. The van der Waals surface area contributed by atoms with Gasteiger partial charge in [0.05, 0.1) is 7.11 Å². The van der Waals surface area contributed by atoms with Crippen LogP contribution in [0.2, 0.25) is 0 Å². The van der Waals surface area contributed by atoms with Gasteiger partial charge in [0.2, 0.25) is 5.88 Å². The predicted octanol–water partition coefficient (Wildman–Crippen LogP) is 2.37. The molecule has 1 aliphatic carbocycles. The van der Waals surface area contributed by atoms with E-state index >= 15 is 0 Å². The number of methoxy groups -OCH3 is 1. The largest absolute Gasteiger partial charge is 0.481 e. The summed E-state index contributed by atoms with van der Waals surface area (Å²) in [6.45, 7) is 3.09. The number of rotatable bonds is 6. The summed E-state index contributed by atoms with van der Waals surface area (Å²) < 4.78 is 5.22. The first kappa shape index (κ1) is 11.4. The molecule has 1 saturated carbocycles. The lowest BCUT2D eigenvalue weighted by molar-refractivity contribution is 0.387. The van der Waals surface area contributed by atoms with Gasteiger partial charge in [-0.3, -0.25) is 0 Å². The lowest BCUT2D eigenvalue weighted by Crippen LogP contribution is -2.26. The van der Waals surface area contributed by atoms with Crippen molar-refractivity contribution in [2.45, 2.75) is 38.8 Å². The summed E-state index contributed by atoms with van der Waals surface area (Å²) in [7, 11) is 1.67. The fourth-order valence-electron chi connectivity index (χ4n) is 1.96. The molecule has 0 aliphatic heterocycles. The van der Waals surface area contributed by atoms with E-state index in [2.05, 4.69) is 23.3 Å². The van der Waals surface area contributed by atoms with Gasteiger partial charge in [0.1, 0.15) is 0 Å². The zero-order valence-electron chi connectivity index (χ0n) is 10.1. The minimum atomic E-state index is 0.581. The molecule has 0 amide bonds. The Morgan fingerprint density at radius 1 is 1.56 bits per heavy atom. The van der Waals surface area contributed by atoms with E-state index in [0.717, 1.165) is 23.9 Å². The summed E-state index contributed by atoms with van der Waals surface area (Å²) in [5, 5.41) is 3.52. The van der Waals surface area contributed by atoms with Gasteiger partial charge in [0, 0.05) is 24.3 Å². The molecule has 1 aromatic heterocycles. The van der Waals surface area contributed by atoms with Crippen LogP contribution in [0.1, 0.15) is 31.7 Å². The maximum Gasteiger partial charge on any atom is 0.217 e.